The molecule has 0 bridgehead atoms. The number of pyridine rings is 1. The number of nitrogens with two attached hydrogens (primary N) is 1. The molecule has 0 atom stereocenters. The number of anilines is 1. The molecule has 5 heteroatoms. The van der Waals surface area contributed by atoms with Gasteiger partial charge in [-0.25, -0.2) is 4.68 Å². The lowest BCUT2D eigenvalue weighted by molar-refractivity contribution is 0.837. The number of benzene rings is 1. The average Bonchev–Trinajstić information content (AvgIpc) is 2.66. The Morgan fingerprint density at radius 2 is 1.90 bits per heavy atom. The van der Waals surface area contributed by atoms with Crippen LogP contribution in [0.5, 0.6) is 0 Å². The topological polar surface area (TPSA) is 56.7 Å². The monoisotopic (exact) mass is 286 g/mol. The second-order valence-corrected chi connectivity index (χ2v) is 5.33. The van der Waals surface area contributed by atoms with Gasteiger partial charge in [-0.3, -0.25) is 4.98 Å². The Labute approximate surface area is 122 Å². The highest BCUT2D eigenvalue weighted by Gasteiger charge is 2.14. The molecular weight excluding hydrogens is 272 g/mol. The minimum atomic E-state index is 0.691. The van der Waals surface area contributed by atoms with Crippen molar-refractivity contribution in [3.63, 3.8) is 0 Å². The second-order valence-electron chi connectivity index (χ2n) is 4.96. The largest absolute Gasteiger partial charge is 0.399 e. The van der Waals surface area contributed by atoms with Crippen LogP contribution in [0.25, 0.3) is 16.6 Å². The molecule has 0 amide bonds. The van der Waals surface area contributed by atoms with Gasteiger partial charge in [-0.2, -0.15) is 5.10 Å². The molecule has 3 aromatic rings. The molecule has 20 heavy (non-hydrogen) atoms. The van der Waals surface area contributed by atoms with E-state index in [1.165, 1.54) is 0 Å². The number of aromatic nitrogens is 3. The third kappa shape index (κ3) is 1.93. The van der Waals surface area contributed by atoms with Crippen molar-refractivity contribution in [1.29, 1.82) is 0 Å². The number of fused-ring (bicyclic) bond motifs is 1. The lowest BCUT2D eigenvalue weighted by atomic mass is 10.1. The number of hydrogen-bond acceptors (Lipinski definition) is 3. The molecule has 2 N–H and O–H groups in total. The van der Waals surface area contributed by atoms with Crippen molar-refractivity contribution in [3.8, 4) is 5.69 Å². The summed E-state index contributed by atoms with van der Waals surface area (Å²) in [7, 11) is 0. The number of hydrogen-bond donors (Lipinski definition) is 1. The highest BCUT2D eigenvalue weighted by Crippen LogP contribution is 2.28. The molecule has 0 unspecified atom stereocenters. The lowest BCUT2D eigenvalue weighted by Crippen LogP contribution is -2.02. The van der Waals surface area contributed by atoms with E-state index in [2.05, 4.69) is 10.1 Å². The summed E-state index contributed by atoms with van der Waals surface area (Å²) in [5.41, 5.74) is 11.1. The van der Waals surface area contributed by atoms with Crippen molar-refractivity contribution >= 4 is 28.2 Å². The Morgan fingerprint density at radius 1 is 1.15 bits per heavy atom. The normalized spacial score (nSPS) is 11.2. The molecule has 3 rings (SSSR count). The summed E-state index contributed by atoms with van der Waals surface area (Å²) in [5.74, 6) is 0. The molecule has 0 fully saturated rings. The zero-order chi connectivity index (χ0) is 14.4. The van der Waals surface area contributed by atoms with Crippen LogP contribution < -0.4 is 5.73 Å². The molecule has 0 saturated heterocycles. The minimum absolute atomic E-state index is 0.691. The smallest absolute Gasteiger partial charge is 0.0848 e. The standard InChI is InChI=1S/C15H15ClN4/c1-8-6-14(20-10(3)15(16)9(2)19-20)12-7-11(17)4-5-13(12)18-8/h4-7H,17H2,1-3H3. The SMILES string of the molecule is Cc1cc(-n2nc(C)c(Cl)c2C)c2cc(N)ccc2n1. The maximum atomic E-state index is 6.25. The van der Waals surface area contributed by atoms with Crippen LogP contribution in [0.1, 0.15) is 17.1 Å². The van der Waals surface area contributed by atoms with Gasteiger partial charge >= 0.3 is 0 Å². The van der Waals surface area contributed by atoms with Crippen molar-refractivity contribution in [1.82, 2.24) is 14.8 Å². The van der Waals surface area contributed by atoms with E-state index in [0.717, 1.165) is 33.7 Å². The zero-order valence-corrected chi connectivity index (χ0v) is 12.4. The van der Waals surface area contributed by atoms with Crippen LogP contribution in [-0.2, 0) is 0 Å². The minimum Gasteiger partial charge on any atom is -0.399 e. The van der Waals surface area contributed by atoms with Crippen LogP contribution in [0.2, 0.25) is 5.02 Å². The van der Waals surface area contributed by atoms with Crippen LogP contribution in [0, 0.1) is 20.8 Å². The van der Waals surface area contributed by atoms with E-state index in [-0.39, 0.29) is 0 Å². The summed E-state index contributed by atoms with van der Waals surface area (Å²) in [6.07, 6.45) is 0. The molecule has 2 aromatic heterocycles. The zero-order valence-electron chi connectivity index (χ0n) is 11.6. The van der Waals surface area contributed by atoms with Crippen molar-refractivity contribution in [2.75, 3.05) is 5.73 Å². The molecule has 102 valence electrons. The molecule has 0 aliphatic carbocycles. The number of nitrogens with zero attached hydrogens (tertiary/aromatic N) is 3. The molecule has 0 aliphatic rings. The van der Waals surface area contributed by atoms with Gasteiger partial charge in [0.05, 0.1) is 27.6 Å². The summed E-state index contributed by atoms with van der Waals surface area (Å²) in [4.78, 5) is 4.53. The molecule has 2 heterocycles. The van der Waals surface area contributed by atoms with E-state index in [1.807, 2.05) is 49.7 Å². The fourth-order valence-corrected chi connectivity index (χ4v) is 2.51. The third-order valence-electron chi connectivity index (χ3n) is 3.37. The number of nitrogen functional groups attached to an aromatic ring is 1. The van der Waals surface area contributed by atoms with E-state index in [9.17, 15) is 0 Å². The van der Waals surface area contributed by atoms with E-state index in [0.29, 0.717) is 10.7 Å². The van der Waals surface area contributed by atoms with Crippen LogP contribution in [0.4, 0.5) is 5.69 Å². The van der Waals surface area contributed by atoms with E-state index < -0.39 is 0 Å². The summed E-state index contributed by atoms with van der Waals surface area (Å²) >= 11 is 6.25. The fraction of sp³-hybridized carbons (Fsp3) is 0.200. The first kappa shape index (κ1) is 12.9. The highest BCUT2D eigenvalue weighted by molar-refractivity contribution is 6.31. The summed E-state index contributed by atoms with van der Waals surface area (Å²) < 4.78 is 1.86. The van der Waals surface area contributed by atoms with Gasteiger partial charge in [0.1, 0.15) is 0 Å². The van der Waals surface area contributed by atoms with Gasteiger partial charge in [-0.1, -0.05) is 11.6 Å². The Balaban J connectivity index is 2.40. The van der Waals surface area contributed by atoms with E-state index in [4.69, 9.17) is 17.3 Å². The van der Waals surface area contributed by atoms with Crippen LogP contribution >= 0.6 is 11.6 Å². The van der Waals surface area contributed by atoms with E-state index in [1.54, 1.807) is 0 Å². The van der Waals surface area contributed by atoms with Crippen molar-refractivity contribution in [3.05, 3.63) is 46.4 Å². The van der Waals surface area contributed by atoms with E-state index >= 15 is 0 Å². The third-order valence-corrected chi connectivity index (χ3v) is 3.92. The van der Waals surface area contributed by atoms with Gasteiger partial charge in [0.15, 0.2) is 0 Å². The Hall–Kier alpha value is -2.07. The summed E-state index contributed by atoms with van der Waals surface area (Å²) in [6.45, 7) is 5.82. The first-order valence-electron chi connectivity index (χ1n) is 6.36. The Bertz CT molecular complexity index is 820. The van der Waals surface area contributed by atoms with Gasteiger partial charge in [0, 0.05) is 16.8 Å². The van der Waals surface area contributed by atoms with Gasteiger partial charge in [0.2, 0.25) is 0 Å². The van der Waals surface area contributed by atoms with Crippen molar-refractivity contribution in [2.24, 2.45) is 0 Å². The van der Waals surface area contributed by atoms with Gasteiger partial charge in [-0.15, -0.1) is 0 Å². The van der Waals surface area contributed by atoms with Crippen molar-refractivity contribution in [2.45, 2.75) is 20.8 Å². The first-order chi connectivity index (χ1) is 9.47. The molecular formula is C15H15ClN4. The lowest BCUT2D eigenvalue weighted by Gasteiger charge is -2.10. The molecule has 0 saturated carbocycles. The summed E-state index contributed by atoms with van der Waals surface area (Å²) in [6, 6.07) is 7.69. The number of rotatable bonds is 1. The van der Waals surface area contributed by atoms with Crippen LogP contribution in [-0.4, -0.2) is 14.8 Å². The number of aryl methyl sites for hydroxylation is 2. The molecule has 0 radical (unpaired) electrons. The molecule has 0 aliphatic heterocycles. The average molecular weight is 287 g/mol. The molecule has 4 nitrogen and oxygen atoms in total. The van der Waals surface area contributed by atoms with Crippen LogP contribution in [0.3, 0.4) is 0 Å². The molecule has 0 spiro atoms. The van der Waals surface area contributed by atoms with Gasteiger partial charge in [0.25, 0.3) is 0 Å². The predicted octanol–water partition coefficient (Wildman–Crippen LogP) is 3.58. The van der Waals surface area contributed by atoms with Crippen LogP contribution in [0.15, 0.2) is 24.3 Å². The van der Waals surface area contributed by atoms with Gasteiger partial charge < -0.3 is 5.73 Å². The quantitative estimate of drug-likeness (QED) is 0.696. The maximum Gasteiger partial charge on any atom is 0.0848 e. The number of halogens is 1. The van der Waals surface area contributed by atoms with Gasteiger partial charge in [-0.05, 0) is 45.0 Å². The maximum absolute atomic E-state index is 6.25. The Morgan fingerprint density at radius 3 is 2.55 bits per heavy atom. The highest BCUT2D eigenvalue weighted by atomic mass is 35.5. The molecule has 1 aromatic carbocycles. The first-order valence-corrected chi connectivity index (χ1v) is 6.74. The second kappa shape index (κ2) is 4.49. The van der Waals surface area contributed by atoms with Crippen molar-refractivity contribution < 1.29 is 0 Å². The Kier molecular flexibility index (Phi) is 2.91. The predicted molar refractivity (Wildman–Crippen MR) is 82.5 cm³/mol. The summed E-state index contributed by atoms with van der Waals surface area (Å²) in [5, 5.41) is 6.18. The fourth-order valence-electron chi connectivity index (χ4n) is 2.39.